The van der Waals surface area contributed by atoms with Crippen LogP contribution in [-0.4, -0.2) is 30.5 Å². The van der Waals surface area contributed by atoms with Gasteiger partial charge in [-0.2, -0.15) is 5.10 Å². The Balaban J connectivity index is 1.47. The SMILES string of the molecule is O=C(CNC(=O)c1ccccc1I)N/N=C/c1ccc(OC(=O)c2ccccc2Br)cc1. The van der Waals surface area contributed by atoms with E-state index in [-0.39, 0.29) is 12.5 Å². The Morgan fingerprint density at radius 3 is 2.28 bits per heavy atom. The van der Waals surface area contributed by atoms with E-state index >= 15 is 0 Å². The number of halogens is 2. The van der Waals surface area contributed by atoms with Gasteiger partial charge in [0.05, 0.1) is 23.9 Å². The van der Waals surface area contributed by atoms with E-state index in [2.05, 4.69) is 54.4 Å². The number of nitrogens with zero attached hydrogens (tertiary/aromatic N) is 1. The van der Waals surface area contributed by atoms with E-state index in [9.17, 15) is 14.4 Å². The van der Waals surface area contributed by atoms with Gasteiger partial charge in [0.15, 0.2) is 0 Å². The second-order valence-electron chi connectivity index (χ2n) is 6.39. The molecule has 9 heteroatoms. The Bertz CT molecular complexity index is 1170. The number of nitrogens with one attached hydrogen (secondary N) is 2. The third kappa shape index (κ3) is 6.72. The maximum Gasteiger partial charge on any atom is 0.344 e. The van der Waals surface area contributed by atoms with Crippen molar-refractivity contribution in [1.82, 2.24) is 10.7 Å². The van der Waals surface area contributed by atoms with E-state index in [1.165, 1.54) is 6.21 Å². The molecule has 0 aliphatic carbocycles. The van der Waals surface area contributed by atoms with Gasteiger partial charge >= 0.3 is 5.97 Å². The van der Waals surface area contributed by atoms with Gasteiger partial charge in [-0.3, -0.25) is 9.59 Å². The first kappa shape index (κ1) is 23.6. The fourth-order valence-electron chi connectivity index (χ4n) is 2.53. The molecule has 0 radical (unpaired) electrons. The monoisotopic (exact) mass is 605 g/mol. The highest BCUT2D eigenvalue weighted by molar-refractivity contribution is 14.1. The number of ether oxygens (including phenoxy) is 1. The Kier molecular flexibility index (Phi) is 8.51. The predicted molar refractivity (Wildman–Crippen MR) is 133 cm³/mol. The summed E-state index contributed by atoms with van der Waals surface area (Å²) in [4.78, 5) is 36.2. The minimum Gasteiger partial charge on any atom is -0.423 e. The first-order valence-corrected chi connectivity index (χ1v) is 11.2. The zero-order chi connectivity index (χ0) is 22.9. The molecule has 3 rings (SSSR count). The summed E-state index contributed by atoms with van der Waals surface area (Å²) in [5.41, 5.74) is 3.97. The summed E-state index contributed by atoms with van der Waals surface area (Å²) in [7, 11) is 0. The molecule has 2 N–H and O–H groups in total. The molecule has 0 fully saturated rings. The van der Waals surface area contributed by atoms with Gasteiger partial charge in [-0.1, -0.05) is 24.3 Å². The van der Waals surface area contributed by atoms with Gasteiger partial charge in [-0.05, 0) is 92.6 Å². The second kappa shape index (κ2) is 11.5. The minimum absolute atomic E-state index is 0.203. The number of rotatable bonds is 7. The summed E-state index contributed by atoms with van der Waals surface area (Å²) < 4.78 is 6.80. The van der Waals surface area contributed by atoms with Crippen LogP contribution >= 0.6 is 38.5 Å². The fraction of sp³-hybridized carbons (Fsp3) is 0.0435. The first-order valence-electron chi connectivity index (χ1n) is 9.35. The van der Waals surface area contributed by atoms with E-state index in [0.29, 0.717) is 26.9 Å². The van der Waals surface area contributed by atoms with Crippen LogP contribution in [0.4, 0.5) is 0 Å². The van der Waals surface area contributed by atoms with Crippen LogP contribution in [0.1, 0.15) is 26.3 Å². The van der Waals surface area contributed by atoms with Gasteiger partial charge in [-0.25, -0.2) is 10.2 Å². The number of esters is 1. The predicted octanol–water partition coefficient (Wildman–Crippen LogP) is 4.15. The van der Waals surface area contributed by atoms with Crippen LogP contribution in [-0.2, 0) is 4.79 Å². The lowest BCUT2D eigenvalue weighted by atomic mass is 10.2. The smallest absolute Gasteiger partial charge is 0.344 e. The van der Waals surface area contributed by atoms with Crippen molar-refractivity contribution in [3.8, 4) is 5.75 Å². The van der Waals surface area contributed by atoms with Crippen molar-refractivity contribution in [1.29, 1.82) is 0 Å². The summed E-state index contributed by atoms with van der Waals surface area (Å²) in [6.07, 6.45) is 1.44. The zero-order valence-electron chi connectivity index (χ0n) is 16.5. The molecule has 0 aliphatic rings. The molecule has 0 saturated heterocycles. The number of amides is 2. The summed E-state index contributed by atoms with van der Waals surface area (Å²) in [5.74, 6) is -0.884. The normalized spacial score (nSPS) is 10.6. The van der Waals surface area contributed by atoms with E-state index in [4.69, 9.17) is 4.74 Å². The molecule has 32 heavy (non-hydrogen) atoms. The van der Waals surface area contributed by atoms with Crippen molar-refractivity contribution in [3.05, 3.63) is 97.5 Å². The van der Waals surface area contributed by atoms with E-state index in [1.54, 1.807) is 54.6 Å². The van der Waals surface area contributed by atoms with Crippen molar-refractivity contribution in [2.75, 3.05) is 6.54 Å². The van der Waals surface area contributed by atoms with Gasteiger partial charge in [-0.15, -0.1) is 0 Å². The number of benzene rings is 3. The van der Waals surface area contributed by atoms with Crippen LogP contribution < -0.4 is 15.5 Å². The van der Waals surface area contributed by atoms with Crippen molar-refractivity contribution in [2.45, 2.75) is 0 Å². The third-order valence-corrected chi connectivity index (χ3v) is 5.75. The molecule has 0 bridgehead atoms. The maximum atomic E-state index is 12.2. The number of hydrogen-bond acceptors (Lipinski definition) is 5. The minimum atomic E-state index is -0.474. The average molecular weight is 606 g/mol. The Morgan fingerprint density at radius 1 is 0.938 bits per heavy atom. The lowest BCUT2D eigenvalue weighted by molar-refractivity contribution is -0.120. The van der Waals surface area contributed by atoms with Crippen molar-refractivity contribution < 1.29 is 19.1 Å². The topological polar surface area (TPSA) is 96.9 Å². The number of carbonyl (C=O) groups excluding carboxylic acids is 3. The van der Waals surface area contributed by atoms with Crippen LogP contribution in [0.15, 0.2) is 82.4 Å². The van der Waals surface area contributed by atoms with E-state index < -0.39 is 11.9 Å². The number of hydrazone groups is 1. The largest absolute Gasteiger partial charge is 0.423 e. The molecule has 0 unspecified atom stereocenters. The van der Waals surface area contributed by atoms with Gasteiger partial charge in [0.1, 0.15) is 5.75 Å². The standard InChI is InChI=1S/C23H17BrIN3O4/c24-19-7-3-1-5-17(19)23(31)32-16-11-9-15(10-12-16)13-27-28-21(29)14-26-22(30)18-6-2-4-8-20(18)25/h1-13H,14H2,(H,26,30)(H,28,29)/b27-13+. The average Bonchev–Trinajstić information content (AvgIpc) is 2.79. The molecule has 2 amide bonds. The molecular formula is C23H17BrIN3O4. The van der Waals surface area contributed by atoms with Crippen molar-refractivity contribution in [2.24, 2.45) is 5.10 Å². The fourth-order valence-corrected chi connectivity index (χ4v) is 3.61. The van der Waals surface area contributed by atoms with Crippen molar-refractivity contribution in [3.63, 3.8) is 0 Å². The summed E-state index contributed by atoms with van der Waals surface area (Å²) in [5, 5.41) is 6.42. The van der Waals surface area contributed by atoms with Gasteiger partial charge in [0, 0.05) is 8.04 Å². The lowest BCUT2D eigenvalue weighted by Crippen LogP contribution is -2.35. The highest BCUT2D eigenvalue weighted by atomic mass is 127. The molecule has 0 aliphatic heterocycles. The van der Waals surface area contributed by atoms with Gasteiger partial charge in [0.2, 0.25) is 0 Å². The number of carbonyl (C=O) groups is 3. The molecule has 0 spiro atoms. The van der Waals surface area contributed by atoms with Crippen LogP contribution in [0.5, 0.6) is 5.75 Å². The molecule has 3 aromatic rings. The summed E-state index contributed by atoms with van der Waals surface area (Å²) >= 11 is 5.38. The van der Waals surface area contributed by atoms with Crippen molar-refractivity contribution >= 4 is 62.5 Å². The quantitative estimate of drug-likeness (QED) is 0.139. The highest BCUT2D eigenvalue weighted by Crippen LogP contribution is 2.19. The Morgan fingerprint density at radius 2 is 1.59 bits per heavy atom. The molecule has 0 saturated carbocycles. The molecule has 7 nitrogen and oxygen atoms in total. The second-order valence-corrected chi connectivity index (χ2v) is 8.41. The van der Waals surface area contributed by atoms with Crippen LogP contribution in [0.3, 0.4) is 0 Å². The Hall–Kier alpha value is -3.05. The van der Waals surface area contributed by atoms with Gasteiger partial charge in [0.25, 0.3) is 11.8 Å². The molecule has 0 heterocycles. The van der Waals surface area contributed by atoms with E-state index in [0.717, 1.165) is 3.57 Å². The third-order valence-electron chi connectivity index (χ3n) is 4.12. The molecule has 0 atom stereocenters. The summed E-state index contributed by atoms with van der Waals surface area (Å²) in [6, 6.07) is 20.7. The lowest BCUT2D eigenvalue weighted by Gasteiger charge is -2.06. The van der Waals surface area contributed by atoms with Crippen LogP contribution in [0.25, 0.3) is 0 Å². The molecule has 162 valence electrons. The molecule has 0 aromatic heterocycles. The van der Waals surface area contributed by atoms with Crippen LogP contribution in [0, 0.1) is 3.57 Å². The first-order chi connectivity index (χ1) is 15.4. The van der Waals surface area contributed by atoms with Gasteiger partial charge < -0.3 is 10.1 Å². The highest BCUT2D eigenvalue weighted by Gasteiger charge is 2.12. The van der Waals surface area contributed by atoms with Crippen LogP contribution in [0.2, 0.25) is 0 Å². The summed E-state index contributed by atoms with van der Waals surface area (Å²) in [6.45, 7) is -0.203. The van der Waals surface area contributed by atoms with E-state index in [1.807, 2.05) is 18.2 Å². The Labute approximate surface area is 206 Å². The molecular weight excluding hydrogens is 589 g/mol. The molecule has 3 aromatic carbocycles. The maximum absolute atomic E-state index is 12.2. The zero-order valence-corrected chi connectivity index (χ0v) is 20.3. The number of hydrogen-bond donors (Lipinski definition) is 2.